The molecule has 0 atom stereocenters. The van der Waals surface area contributed by atoms with Crippen LogP contribution in [0.5, 0.6) is 17.2 Å². The van der Waals surface area contributed by atoms with Gasteiger partial charge in [-0.25, -0.2) is 5.01 Å². The molecule has 0 spiro atoms. The van der Waals surface area contributed by atoms with Crippen LogP contribution in [-0.4, -0.2) is 32.1 Å². The van der Waals surface area contributed by atoms with Crippen molar-refractivity contribution in [1.29, 1.82) is 0 Å². The summed E-state index contributed by atoms with van der Waals surface area (Å²) in [7, 11) is 1.54. The summed E-state index contributed by atoms with van der Waals surface area (Å²) in [6.07, 6.45) is 1.54. The maximum Gasteiger partial charge on any atom is 0.282 e. The zero-order valence-electron chi connectivity index (χ0n) is 19.3. The first-order chi connectivity index (χ1) is 16.5. The maximum atomic E-state index is 12.8. The van der Waals surface area contributed by atoms with E-state index in [2.05, 4.69) is 5.43 Å². The highest BCUT2D eigenvalue weighted by Gasteiger charge is 2.34. The number of methoxy groups -OCH3 is 1. The first-order valence-corrected chi connectivity index (χ1v) is 10.9. The van der Waals surface area contributed by atoms with E-state index < -0.39 is 11.8 Å². The van der Waals surface area contributed by atoms with Gasteiger partial charge in [-0.3, -0.25) is 15.0 Å². The summed E-state index contributed by atoms with van der Waals surface area (Å²) in [6.45, 7) is 4.73. The van der Waals surface area contributed by atoms with E-state index in [1.807, 2.05) is 38.1 Å². The first kappa shape index (κ1) is 22.9. The second-order valence-electron chi connectivity index (χ2n) is 7.85. The zero-order valence-corrected chi connectivity index (χ0v) is 19.3. The summed E-state index contributed by atoms with van der Waals surface area (Å²) >= 11 is 0. The van der Waals surface area contributed by atoms with Crippen LogP contribution in [-0.2, 0) is 9.59 Å². The minimum Gasteiger partial charge on any atom is -0.493 e. The number of para-hydroxylation sites is 1. The molecule has 1 N–H and O–H groups in total. The SMILES string of the molecule is COc1cc(/C=C2\C(=O)NN(c3ccccc3)C2=O)ccc1OCCOc1cc(C)ccc1C. The second kappa shape index (κ2) is 10.1. The topological polar surface area (TPSA) is 77.1 Å². The van der Waals surface area contributed by atoms with Crippen molar-refractivity contribution in [3.05, 3.63) is 89.0 Å². The van der Waals surface area contributed by atoms with Gasteiger partial charge >= 0.3 is 0 Å². The molecule has 1 aliphatic rings. The Balaban J connectivity index is 1.42. The van der Waals surface area contributed by atoms with Gasteiger partial charge in [-0.15, -0.1) is 0 Å². The molecular formula is C27H26N2O5. The van der Waals surface area contributed by atoms with Gasteiger partial charge in [0, 0.05) is 0 Å². The number of rotatable bonds is 8. The summed E-state index contributed by atoms with van der Waals surface area (Å²) in [4.78, 5) is 25.2. The van der Waals surface area contributed by atoms with Crippen molar-refractivity contribution in [2.24, 2.45) is 0 Å². The Kier molecular flexibility index (Phi) is 6.82. The fourth-order valence-corrected chi connectivity index (χ4v) is 3.54. The molecule has 174 valence electrons. The van der Waals surface area contributed by atoms with Gasteiger partial charge in [0.05, 0.1) is 12.8 Å². The molecule has 0 radical (unpaired) electrons. The van der Waals surface area contributed by atoms with Crippen LogP contribution in [0.3, 0.4) is 0 Å². The quantitative estimate of drug-likeness (QED) is 0.311. The minimum absolute atomic E-state index is 0.0431. The highest BCUT2D eigenvalue weighted by Crippen LogP contribution is 2.30. The van der Waals surface area contributed by atoms with Crippen LogP contribution >= 0.6 is 0 Å². The Morgan fingerprint density at radius 3 is 2.32 bits per heavy atom. The fraction of sp³-hybridized carbons (Fsp3) is 0.185. The highest BCUT2D eigenvalue weighted by molar-refractivity contribution is 6.31. The standard InChI is InChI=1S/C27H26N2O5/c1-18-9-10-19(2)24(15-18)34-14-13-33-23-12-11-20(17-25(23)32-3)16-22-26(30)28-29(27(22)31)21-7-5-4-6-8-21/h4-12,15-17H,13-14H2,1-3H3,(H,28,30)/b22-16+. The number of nitrogens with one attached hydrogen (secondary N) is 1. The van der Waals surface area contributed by atoms with Crippen molar-refractivity contribution in [2.75, 3.05) is 25.3 Å². The molecule has 1 fully saturated rings. The number of carbonyl (C=O) groups excluding carboxylic acids is 2. The monoisotopic (exact) mass is 458 g/mol. The van der Waals surface area contributed by atoms with Gasteiger partial charge in [-0.05, 0) is 66.9 Å². The number of nitrogens with zero attached hydrogens (tertiary/aromatic N) is 1. The number of aryl methyl sites for hydroxylation is 2. The van der Waals surface area contributed by atoms with Crippen LogP contribution in [0.15, 0.2) is 72.3 Å². The lowest BCUT2D eigenvalue weighted by Crippen LogP contribution is -2.35. The van der Waals surface area contributed by atoms with Crippen molar-refractivity contribution < 1.29 is 23.8 Å². The predicted molar refractivity (Wildman–Crippen MR) is 130 cm³/mol. The molecule has 1 aliphatic heterocycles. The van der Waals surface area contributed by atoms with Gasteiger partial charge in [0.1, 0.15) is 24.5 Å². The third-order valence-electron chi connectivity index (χ3n) is 5.35. The molecule has 7 nitrogen and oxygen atoms in total. The number of ether oxygens (including phenoxy) is 3. The van der Waals surface area contributed by atoms with Gasteiger partial charge in [0.15, 0.2) is 11.5 Å². The fourth-order valence-electron chi connectivity index (χ4n) is 3.54. The summed E-state index contributed by atoms with van der Waals surface area (Å²) < 4.78 is 17.1. The smallest absolute Gasteiger partial charge is 0.282 e. The summed E-state index contributed by atoms with van der Waals surface area (Å²) in [5.74, 6) is 0.992. The average molecular weight is 459 g/mol. The summed E-state index contributed by atoms with van der Waals surface area (Å²) in [5.41, 5.74) is 6.07. The van der Waals surface area contributed by atoms with Crippen LogP contribution in [0.1, 0.15) is 16.7 Å². The first-order valence-electron chi connectivity index (χ1n) is 10.9. The molecule has 0 aromatic heterocycles. The molecule has 4 rings (SSSR count). The lowest BCUT2D eigenvalue weighted by molar-refractivity contribution is -0.117. The van der Waals surface area contributed by atoms with Crippen LogP contribution in [0, 0.1) is 13.8 Å². The Bertz CT molecular complexity index is 1240. The molecule has 3 aromatic carbocycles. The third kappa shape index (κ3) is 5.04. The largest absolute Gasteiger partial charge is 0.493 e. The van der Waals surface area contributed by atoms with E-state index in [9.17, 15) is 9.59 Å². The van der Waals surface area contributed by atoms with Gasteiger partial charge in [0.2, 0.25) is 0 Å². The third-order valence-corrected chi connectivity index (χ3v) is 5.35. The molecule has 1 saturated heterocycles. The van der Waals surface area contributed by atoms with E-state index in [-0.39, 0.29) is 5.57 Å². The lowest BCUT2D eigenvalue weighted by Gasteiger charge is -2.14. The molecule has 0 unspecified atom stereocenters. The van der Waals surface area contributed by atoms with Crippen molar-refractivity contribution in [3.63, 3.8) is 0 Å². The predicted octanol–water partition coefficient (Wildman–Crippen LogP) is 4.23. The molecule has 34 heavy (non-hydrogen) atoms. The lowest BCUT2D eigenvalue weighted by atomic mass is 10.1. The average Bonchev–Trinajstić information content (AvgIpc) is 3.13. The molecule has 0 saturated carbocycles. The van der Waals surface area contributed by atoms with E-state index in [4.69, 9.17) is 14.2 Å². The number of hydrazine groups is 1. The second-order valence-corrected chi connectivity index (χ2v) is 7.85. The van der Waals surface area contributed by atoms with Crippen molar-refractivity contribution in [2.45, 2.75) is 13.8 Å². The Morgan fingerprint density at radius 2 is 1.59 bits per heavy atom. The number of anilines is 1. The van der Waals surface area contributed by atoms with E-state index in [0.29, 0.717) is 36.0 Å². The molecule has 3 aromatic rings. The highest BCUT2D eigenvalue weighted by atomic mass is 16.5. The van der Waals surface area contributed by atoms with E-state index in [1.54, 1.807) is 42.5 Å². The Hall–Kier alpha value is -4.26. The van der Waals surface area contributed by atoms with Gasteiger partial charge in [-0.1, -0.05) is 36.4 Å². The van der Waals surface area contributed by atoms with E-state index in [1.165, 1.54) is 18.2 Å². The van der Waals surface area contributed by atoms with Crippen molar-refractivity contribution in [3.8, 4) is 17.2 Å². The number of amides is 2. The van der Waals surface area contributed by atoms with Crippen LogP contribution in [0.2, 0.25) is 0 Å². The molecule has 0 aliphatic carbocycles. The van der Waals surface area contributed by atoms with Crippen LogP contribution in [0.4, 0.5) is 5.69 Å². The molecule has 2 amide bonds. The summed E-state index contributed by atoms with van der Waals surface area (Å²) in [6, 6.07) is 20.2. The number of hydrogen-bond acceptors (Lipinski definition) is 5. The van der Waals surface area contributed by atoms with Gasteiger partial charge in [0.25, 0.3) is 11.8 Å². The number of carbonyl (C=O) groups is 2. The Morgan fingerprint density at radius 1 is 0.853 bits per heavy atom. The van der Waals surface area contributed by atoms with Crippen molar-refractivity contribution >= 4 is 23.6 Å². The normalized spacial score (nSPS) is 14.3. The zero-order chi connectivity index (χ0) is 24.1. The minimum atomic E-state index is -0.461. The number of hydrogen-bond donors (Lipinski definition) is 1. The Labute approximate surface area is 198 Å². The maximum absolute atomic E-state index is 12.8. The van der Waals surface area contributed by atoms with Gasteiger partial charge in [-0.2, -0.15) is 0 Å². The summed E-state index contributed by atoms with van der Waals surface area (Å²) in [5, 5.41) is 1.23. The van der Waals surface area contributed by atoms with Gasteiger partial charge < -0.3 is 14.2 Å². The van der Waals surface area contributed by atoms with Crippen molar-refractivity contribution in [1.82, 2.24) is 5.43 Å². The molecular weight excluding hydrogens is 432 g/mol. The van der Waals surface area contributed by atoms with E-state index >= 15 is 0 Å². The van der Waals surface area contributed by atoms with Crippen LogP contribution < -0.4 is 24.6 Å². The van der Waals surface area contributed by atoms with E-state index in [0.717, 1.165) is 16.9 Å². The molecule has 0 bridgehead atoms. The van der Waals surface area contributed by atoms with Crippen LogP contribution in [0.25, 0.3) is 6.08 Å². The molecule has 1 heterocycles. The molecule has 7 heteroatoms. The number of benzene rings is 3.